The van der Waals surface area contributed by atoms with Gasteiger partial charge >= 0.3 is 0 Å². The van der Waals surface area contributed by atoms with Crippen molar-refractivity contribution in [3.8, 4) is 5.75 Å². The maximum Gasteiger partial charge on any atom is 0.240 e. The van der Waals surface area contributed by atoms with Crippen molar-refractivity contribution in [3.63, 3.8) is 0 Å². The number of hydrogen-bond acceptors (Lipinski definition) is 4. The summed E-state index contributed by atoms with van der Waals surface area (Å²) in [7, 11) is -1.99. The Morgan fingerprint density at radius 1 is 1.24 bits per heavy atom. The maximum atomic E-state index is 12.3. The molecule has 0 amide bonds. The van der Waals surface area contributed by atoms with E-state index in [-0.39, 0.29) is 11.4 Å². The fourth-order valence-electron chi connectivity index (χ4n) is 2.15. The van der Waals surface area contributed by atoms with E-state index in [1.54, 1.807) is 37.7 Å². The Kier molecular flexibility index (Phi) is 4.59. The van der Waals surface area contributed by atoms with Crippen LogP contribution in [0.25, 0.3) is 0 Å². The van der Waals surface area contributed by atoms with Crippen LogP contribution in [-0.2, 0) is 16.6 Å². The van der Waals surface area contributed by atoms with Gasteiger partial charge in [-0.25, -0.2) is 13.1 Å². The number of benzene rings is 1. The number of nitrogens with zero attached hydrogens (tertiary/aromatic N) is 1. The first-order chi connectivity index (χ1) is 9.94. The smallest absolute Gasteiger partial charge is 0.240 e. The zero-order valence-electron chi connectivity index (χ0n) is 12.3. The third-order valence-electron chi connectivity index (χ3n) is 3.14. The third kappa shape index (κ3) is 3.59. The van der Waals surface area contributed by atoms with Crippen molar-refractivity contribution >= 4 is 10.0 Å². The molecule has 2 rings (SSSR count). The summed E-state index contributed by atoms with van der Waals surface area (Å²) >= 11 is 0. The van der Waals surface area contributed by atoms with Crippen LogP contribution < -0.4 is 9.46 Å². The quantitative estimate of drug-likeness (QED) is 0.919. The molecular formula is C15H18N2O3S. The van der Waals surface area contributed by atoms with Crippen molar-refractivity contribution in [2.24, 2.45) is 0 Å². The minimum atomic E-state index is -3.56. The lowest BCUT2D eigenvalue weighted by Crippen LogP contribution is -2.23. The molecule has 1 heterocycles. The molecule has 1 aromatic carbocycles. The molecule has 0 fully saturated rings. The summed E-state index contributed by atoms with van der Waals surface area (Å²) in [6.45, 7) is 3.86. The highest BCUT2D eigenvalue weighted by Crippen LogP contribution is 2.26. The van der Waals surface area contributed by atoms with Crippen LogP contribution >= 0.6 is 0 Å². The molecule has 21 heavy (non-hydrogen) atoms. The zero-order valence-corrected chi connectivity index (χ0v) is 13.1. The van der Waals surface area contributed by atoms with Gasteiger partial charge in [-0.2, -0.15) is 0 Å². The summed E-state index contributed by atoms with van der Waals surface area (Å²) in [6.07, 6.45) is 3.28. The lowest BCUT2D eigenvalue weighted by molar-refractivity contribution is 0.408. The Hall–Kier alpha value is -1.92. The van der Waals surface area contributed by atoms with Crippen molar-refractivity contribution in [2.75, 3.05) is 7.11 Å². The molecule has 0 radical (unpaired) electrons. The van der Waals surface area contributed by atoms with Gasteiger partial charge in [0.05, 0.1) is 12.0 Å². The van der Waals surface area contributed by atoms with E-state index in [2.05, 4.69) is 9.71 Å². The molecule has 0 atom stereocenters. The zero-order chi connectivity index (χ0) is 15.5. The molecule has 0 saturated heterocycles. The largest absolute Gasteiger partial charge is 0.496 e. The van der Waals surface area contributed by atoms with Gasteiger partial charge in [-0.05, 0) is 48.7 Å². The van der Waals surface area contributed by atoms with Gasteiger partial charge in [-0.15, -0.1) is 0 Å². The summed E-state index contributed by atoms with van der Waals surface area (Å²) in [5.41, 5.74) is 2.39. The molecule has 0 saturated carbocycles. The van der Waals surface area contributed by atoms with Gasteiger partial charge in [-0.3, -0.25) is 4.98 Å². The molecule has 2 aromatic rings. The number of aromatic nitrogens is 1. The van der Waals surface area contributed by atoms with Crippen molar-refractivity contribution < 1.29 is 13.2 Å². The Bertz CT molecular complexity index is 705. The molecular weight excluding hydrogens is 288 g/mol. The van der Waals surface area contributed by atoms with Gasteiger partial charge in [0.1, 0.15) is 5.75 Å². The predicted octanol–water partition coefficient (Wildman–Crippen LogP) is 2.19. The molecule has 0 spiro atoms. The van der Waals surface area contributed by atoms with Gasteiger partial charge in [0.2, 0.25) is 10.0 Å². The summed E-state index contributed by atoms with van der Waals surface area (Å²) in [5, 5.41) is 0. The number of sulfonamides is 1. The van der Waals surface area contributed by atoms with Crippen LogP contribution in [0.5, 0.6) is 5.75 Å². The SMILES string of the molecule is COc1c(C)cc(S(=O)(=O)NCc2cccnc2)cc1C. The highest BCUT2D eigenvalue weighted by molar-refractivity contribution is 7.89. The molecule has 6 heteroatoms. The predicted molar refractivity (Wildman–Crippen MR) is 80.7 cm³/mol. The van der Waals surface area contributed by atoms with Crippen LogP contribution in [0.4, 0.5) is 0 Å². The van der Waals surface area contributed by atoms with E-state index in [1.165, 1.54) is 0 Å². The summed E-state index contributed by atoms with van der Waals surface area (Å²) < 4.78 is 32.5. The Morgan fingerprint density at radius 2 is 1.90 bits per heavy atom. The van der Waals surface area contributed by atoms with Crippen LogP contribution in [0.3, 0.4) is 0 Å². The summed E-state index contributed by atoms with van der Waals surface area (Å²) in [6, 6.07) is 6.81. The molecule has 0 unspecified atom stereocenters. The van der Waals surface area contributed by atoms with Crippen LogP contribution in [0, 0.1) is 13.8 Å². The molecule has 0 aliphatic heterocycles. The lowest BCUT2D eigenvalue weighted by Gasteiger charge is -2.12. The first-order valence-corrected chi connectivity index (χ1v) is 7.96. The van der Waals surface area contributed by atoms with Gasteiger partial charge in [-0.1, -0.05) is 6.07 Å². The number of rotatable bonds is 5. The molecule has 5 nitrogen and oxygen atoms in total. The lowest BCUT2D eigenvalue weighted by atomic mass is 10.1. The van der Waals surface area contributed by atoms with Gasteiger partial charge in [0.15, 0.2) is 0 Å². The van der Waals surface area contributed by atoms with Crippen molar-refractivity contribution in [3.05, 3.63) is 53.3 Å². The number of ether oxygens (including phenoxy) is 1. The van der Waals surface area contributed by atoms with E-state index in [1.807, 2.05) is 19.9 Å². The molecule has 0 bridgehead atoms. The Balaban J connectivity index is 2.24. The van der Waals surface area contributed by atoms with Gasteiger partial charge in [0, 0.05) is 18.9 Å². The molecule has 1 aromatic heterocycles. The monoisotopic (exact) mass is 306 g/mol. The summed E-state index contributed by atoms with van der Waals surface area (Å²) in [5.74, 6) is 0.709. The van der Waals surface area contributed by atoms with E-state index < -0.39 is 10.0 Å². The number of pyridine rings is 1. The summed E-state index contributed by atoms with van der Waals surface area (Å²) in [4.78, 5) is 4.20. The Labute approximate surface area is 125 Å². The maximum absolute atomic E-state index is 12.3. The van der Waals surface area contributed by atoms with E-state index in [0.29, 0.717) is 5.75 Å². The standard InChI is InChI=1S/C15H18N2O3S/c1-11-7-14(8-12(2)15(11)20-3)21(18,19)17-10-13-5-4-6-16-9-13/h4-9,17H,10H2,1-3H3. The van der Waals surface area contributed by atoms with Crippen LogP contribution in [0.2, 0.25) is 0 Å². The first kappa shape index (κ1) is 15.5. The van der Waals surface area contributed by atoms with Crippen LogP contribution in [0.15, 0.2) is 41.6 Å². The van der Waals surface area contributed by atoms with Crippen LogP contribution in [0.1, 0.15) is 16.7 Å². The van der Waals surface area contributed by atoms with E-state index in [9.17, 15) is 8.42 Å². The van der Waals surface area contributed by atoms with E-state index in [0.717, 1.165) is 16.7 Å². The number of hydrogen-bond donors (Lipinski definition) is 1. The topological polar surface area (TPSA) is 68.3 Å². The second-order valence-electron chi connectivity index (χ2n) is 4.78. The highest BCUT2D eigenvalue weighted by Gasteiger charge is 2.17. The molecule has 0 aliphatic rings. The number of nitrogens with one attached hydrogen (secondary N) is 1. The second kappa shape index (κ2) is 6.24. The average Bonchev–Trinajstić information content (AvgIpc) is 2.46. The Morgan fingerprint density at radius 3 is 2.43 bits per heavy atom. The normalized spacial score (nSPS) is 11.4. The highest BCUT2D eigenvalue weighted by atomic mass is 32.2. The van der Waals surface area contributed by atoms with E-state index >= 15 is 0 Å². The van der Waals surface area contributed by atoms with Crippen LogP contribution in [-0.4, -0.2) is 20.5 Å². The van der Waals surface area contributed by atoms with Gasteiger partial charge in [0.25, 0.3) is 0 Å². The average molecular weight is 306 g/mol. The fourth-order valence-corrected chi connectivity index (χ4v) is 3.34. The second-order valence-corrected chi connectivity index (χ2v) is 6.54. The van der Waals surface area contributed by atoms with Crippen molar-refractivity contribution in [2.45, 2.75) is 25.3 Å². The first-order valence-electron chi connectivity index (χ1n) is 6.48. The number of aryl methyl sites for hydroxylation is 2. The fraction of sp³-hybridized carbons (Fsp3) is 0.267. The molecule has 1 N–H and O–H groups in total. The van der Waals surface area contributed by atoms with Gasteiger partial charge < -0.3 is 4.74 Å². The minimum Gasteiger partial charge on any atom is -0.496 e. The number of methoxy groups -OCH3 is 1. The van der Waals surface area contributed by atoms with Crippen molar-refractivity contribution in [1.29, 1.82) is 0 Å². The van der Waals surface area contributed by atoms with Crippen molar-refractivity contribution in [1.82, 2.24) is 9.71 Å². The minimum absolute atomic E-state index is 0.209. The van der Waals surface area contributed by atoms with E-state index in [4.69, 9.17) is 4.74 Å². The molecule has 0 aliphatic carbocycles. The third-order valence-corrected chi connectivity index (χ3v) is 4.52. The molecule has 112 valence electrons.